The minimum absolute atomic E-state index is 0.0848. The molecule has 0 bridgehead atoms. The van der Waals surface area contributed by atoms with E-state index in [2.05, 4.69) is 17.0 Å². The molecule has 0 aliphatic heterocycles. The summed E-state index contributed by atoms with van der Waals surface area (Å²) in [5, 5.41) is 2.47. The first kappa shape index (κ1) is 16.8. The Hall–Kier alpha value is -1.30. The molecule has 6 nitrogen and oxygen atoms in total. The van der Waals surface area contributed by atoms with Gasteiger partial charge in [0.05, 0.1) is 20.3 Å². The van der Waals surface area contributed by atoms with Crippen LogP contribution in [0.4, 0.5) is 4.79 Å². The molecule has 1 saturated carbocycles. The first-order valence-electron chi connectivity index (χ1n) is 6.80. The third-order valence-corrected chi connectivity index (χ3v) is 3.02. The first-order chi connectivity index (χ1) is 9.15. The number of nitrogens with one attached hydrogen (secondary N) is 1. The molecule has 0 saturated heterocycles. The first-order valence-corrected chi connectivity index (χ1v) is 6.80. The monoisotopic (exact) mass is 287 g/mol. The van der Waals surface area contributed by atoms with Crippen LogP contribution in [0, 0.1) is 5.41 Å². The van der Waals surface area contributed by atoms with Gasteiger partial charge in [0.2, 0.25) is 0 Å². The highest BCUT2D eigenvalue weighted by Crippen LogP contribution is 2.44. The Bertz CT molecular complexity index is 357. The van der Waals surface area contributed by atoms with Crippen molar-refractivity contribution >= 4 is 12.1 Å². The summed E-state index contributed by atoms with van der Waals surface area (Å²) in [5.74, 6) is -0.545. The van der Waals surface area contributed by atoms with Crippen LogP contribution in [0.25, 0.3) is 0 Å². The number of esters is 1. The number of amides is 1. The van der Waals surface area contributed by atoms with E-state index in [0.717, 1.165) is 12.8 Å². The molecule has 20 heavy (non-hydrogen) atoms. The third-order valence-electron chi connectivity index (χ3n) is 3.02. The van der Waals surface area contributed by atoms with Gasteiger partial charge >= 0.3 is 12.1 Å². The molecule has 0 aromatic rings. The van der Waals surface area contributed by atoms with Crippen LogP contribution < -0.4 is 5.32 Å². The second-order valence-electron chi connectivity index (χ2n) is 6.55. The van der Waals surface area contributed by atoms with Gasteiger partial charge in [-0.15, -0.1) is 0 Å². The molecule has 0 radical (unpaired) electrons. The number of rotatable bonds is 6. The molecule has 0 heterocycles. The molecule has 0 aromatic carbocycles. The topological polar surface area (TPSA) is 73.9 Å². The van der Waals surface area contributed by atoms with Crippen LogP contribution in [-0.4, -0.2) is 44.0 Å². The summed E-state index contributed by atoms with van der Waals surface area (Å²) >= 11 is 0. The largest absolute Gasteiger partial charge is 0.467 e. The van der Waals surface area contributed by atoms with Gasteiger partial charge in [0, 0.05) is 0 Å². The maximum absolute atomic E-state index is 11.7. The summed E-state index contributed by atoms with van der Waals surface area (Å²) < 4.78 is 15.3. The van der Waals surface area contributed by atoms with Gasteiger partial charge in [-0.1, -0.05) is 6.92 Å². The van der Waals surface area contributed by atoms with Crippen molar-refractivity contribution in [3.8, 4) is 0 Å². The van der Waals surface area contributed by atoms with Crippen LogP contribution >= 0.6 is 0 Å². The maximum Gasteiger partial charge on any atom is 0.408 e. The van der Waals surface area contributed by atoms with E-state index in [1.807, 2.05) is 0 Å². The van der Waals surface area contributed by atoms with Crippen LogP contribution in [-0.2, 0) is 19.0 Å². The summed E-state index contributed by atoms with van der Waals surface area (Å²) in [4.78, 5) is 23.3. The second kappa shape index (κ2) is 6.43. The van der Waals surface area contributed by atoms with E-state index in [4.69, 9.17) is 9.47 Å². The van der Waals surface area contributed by atoms with Gasteiger partial charge in [-0.25, -0.2) is 9.59 Å². The highest BCUT2D eigenvalue weighted by molar-refractivity contribution is 5.81. The summed E-state index contributed by atoms with van der Waals surface area (Å²) in [5.41, 5.74) is -0.389. The Balaban J connectivity index is 2.42. The zero-order valence-corrected chi connectivity index (χ0v) is 12.9. The number of ether oxygens (including phenoxy) is 3. The molecule has 6 heteroatoms. The summed E-state index contributed by atoms with van der Waals surface area (Å²) in [6.07, 6.45) is 1.61. The van der Waals surface area contributed by atoms with E-state index in [0.29, 0.717) is 6.61 Å². The van der Waals surface area contributed by atoms with Crippen LogP contribution in [0.3, 0.4) is 0 Å². The Labute approximate surface area is 120 Å². The maximum atomic E-state index is 11.7. The SMILES string of the molecule is COC(=O)[C@@H](COCC1(C)CC1)NC(=O)OC(C)(C)C. The number of alkyl carbamates (subject to hydrolysis) is 1. The molecule has 0 unspecified atom stereocenters. The van der Waals surface area contributed by atoms with Crippen molar-refractivity contribution in [2.75, 3.05) is 20.3 Å². The molecule has 116 valence electrons. The van der Waals surface area contributed by atoms with E-state index in [9.17, 15) is 9.59 Å². The van der Waals surface area contributed by atoms with Gasteiger partial charge in [0.1, 0.15) is 5.60 Å². The molecule has 1 rings (SSSR count). The minimum atomic E-state index is -0.850. The Morgan fingerprint density at radius 2 is 1.90 bits per heavy atom. The highest BCUT2D eigenvalue weighted by atomic mass is 16.6. The van der Waals surface area contributed by atoms with Crippen LogP contribution in [0.1, 0.15) is 40.5 Å². The molecular weight excluding hydrogens is 262 g/mol. The van der Waals surface area contributed by atoms with Crippen molar-refractivity contribution in [2.24, 2.45) is 5.41 Å². The predicted molar refractivity (Wildman–Crippen MR) is 73.3 cm³/mol. The quantitative estimate of drug-likeness (QED) is 0.755. The van der Waals surface area contributed by atoms with Crippen molar-refractivity contribution in [2.45, 2.75) is 52.2 Å². The number of methoxy groups -OCH3 is 1. The summed E-state index contributed by atoms with van der Waals surface area (Å²) in [6, 6.07) is -0.850. The average Bonchev–Trinajstić information content (AvgIpc) is 3.02. The van der Waals surface area contributed by atoms with Gasteiger partial charge < -0.3 is 19.5 Å². The summed E-state index contributed by atoms with van der Waals surface area (Å²) in [7, 11) is 1.27. The number of hydrogen-bond acceptors (Lipinski definition) is 5. The lowest BCUT2D eigenvalue weighted by Gasteiger charge is -2.22. The average molecular weight is 287 g/mol. The normalized spacial score (nSPS) is 18.1. The molecule has 1 amide bonds. The summed E-state index contributed by atoms with van der Waals surface area (Å²) in [6.45, 7) is 8.05. The molecular formula is C14H25NO5. The number of hydrogen-bond donors (Lipinski definition) is 1. The second-order valence-corrected chi connectivity index (χ2v) is 6.55. The van der Waals surface area contributed by atoms with Crippen molar-refractivity contribution < 1.29 is 23.8 Å². The zero-order chi connectivity index (χ0) is 15.4. The van der Waals surface area contributed by atoms with Gasteiger partial charge in [-0.2, -0.15) is 0 Å². The number of carbonyl (C=O) groups excluding carboxylic acids is 2. The van der Waals surface area contributed by atoms with Crippen LogP contribution in [0.15, 0.2) is 0 Å². The van der Waals surface area contributed by atoms with Crippen molar-refractivity contribution in [1.82, 2.24) is 5.32 Å². The molecule has 1 fully saturated rings. The van der Waals surface area contributed by atoms with Crippen molar-refractivity contribution in [3.63, 3.8) is 0 Å². The van der Waals surface area contributed by atoms with Crippen molar-refractivity contribution in [1.29, 1.82) is 0 Å². The number of carbonyl (C=O) groups is 2. The molecule has 1 atom stereocenters. The standard InChI is InChI=1S/C14H25NO5/c1-13(2,3)20-12(17)15-10(11(16)18-5)8-19-9-14(4)6-7-14/h10H,6-9H2,1-5H3,(H,15,17)/t10-/m1/s1. The van der Waals surface area contributed by atoms with E-state index in [1.54, 1.807) is 20.8 Å². The Morgan fingerprint density at radius 3 is 2.35 bits per heavy atom. The lowest BCUT2D eigenvalue weighted by molar-refractivity contribution is -0.145. The highest BCUT2D eigenvalue weighted by Gasteiger charge is 2.38. The van der Waals surface area contributed by atoms with E-state index < -0.39 is 23.7 Å². The van der Waals surface area contributed by atoms with Crippen molar-refractivity contribution in [3.05, 3.63) is 0 Å². The predicted octanol–water partition coefficient (Wildman–Crippen LogP) is 1.87. The molecule has 1 aliphatic carbocycles. The van der Waals surface area contributed by atoms with Gasteiger partial charge in [0.15, 0.2) is 6.04 Å². The lowest BCUT2D eigenvalue weighted by Crippen LogP contribution is -2.46. The fourth-order valence-electron chi connectivity index (χ4n) is 1.54. The third kappa shape index (κ3) is 6.23. The van der Waals surface area contributed by atoms with E-state index >= 15 is 0 Å². The van der Waals surface area contributed by atoms with Gasteiger partial charge in [-0.3, -0.25) is 0 Å². The fraction of sp³-hybridized carbons (Fsp3) is 0.857. The van der Waals surface area contributed by atoms with Crippen LogP contribution in [0.2, 0.25) is 0 Å². The van der Waals surface area contributed by atoms with Gasteiger partial charge in [-0.05, 0) is 39.0 Å². The fourth-order valence-corrected chi connectivity index (χ4v) is 1.54. The van der Waals surface area contributed by atoms with Gasteiger partial charge in [0.25, 0.3) is 0 Å². The molecule has 1 N–H and O–H groups in total. The lowest BCUT2D eigenvalue weighted by atomic mass is 10.2. The van der Waals surface area contributed by atoms with E-state index in [-0.39, 0.29) is 12.0 Å². The smallest absolute Gasteiger partial charge is 0.408 e. The minimum Gasteiger partial charge on any atom is -0.467 e. The Morgan fingerprint density at radius 1 is 1.30 bits per heavy atom. The molecule has 0 spiro atoms. The van der Waals surface area contributed by atoms with Crippen LogP contribution in [0.5, 0.6) is 0 Å². The zero-order valence-electron chi connectivity index (χ0n) is 12.9. The molecule has 1 aliphatic rings. The van der Waals surface area contributed by atoms with E-state index in [1.165, 1.54) is 7.11 Å². The Kier molecular flexibility index (Phi) is 5.39. The molecule has 0 aromatic heterocycles.